The van der Waals surface area contributed by atoms with E-state index in [4.69, 9.17) is 23.7 Å². The van der Waals surface area contributed by atoms with Crippen molar-refractivity contribution in [2.24, 2.45) is 23.7 Å². The maximum atomic E-state index is 13.7. The van der Waals surface area contributed by atoms with Crippen LogP contribution in [0.1, 0.15) is 29.4 Å². The van der Waals surface area contributed by atoms with E-state index in [1.807, 2.05) is 24.3 Å². The molecule has 0 radical (unpaired) electrons. The van der Waals surface area contributed by atoms with Crippen LogP contribution in [0.2, 0.25) is 0 Å². The van der Waals surface area contributed by atoms with Crippen LogP contribution in [-0.2, 0) is 33.4 Å². The lowest BCUT2D eigenvalue weighted by Gasteiger charge is -2.44. The monoisotopic (exact) mass is 521 g/mol. The van der Waals surface area contributed by atoms with E-state index in [9.17, 15) is 19.2 Å². The first kappa shape index (κ1) is 23.5. The second kappa shape index (κ2) is 7.25. The predicted molar refractivity (Wildman–Crippen MR) is 129 cm³/mol. The standard InChI is InChI=1S/C28H27NO9/c1-29-23(30)19-20(24(29)31)28(26(33)37-5)18-14-10-13(17(18)27(19,38-28)25(32)36-4)15-16(14)22(35-3)12-9-7-6-8-11(12)21(15)34-2/h6-9,13-14,17-20H,10H2,1-5H3/t13-,14+,17-,18+,19-,20+,27-,28+. The quantitative estimate of drug-likeness (QED) is 0.438. The van der Waals surface area contributed by atoms with Crippen molar-refractivity contribution in [1.82, 2.24) is 4.90 Å². The van der Waals surface area contributed by atoms with Crippen molar-refractivity contribution < 1.29 is 42.9 Å². The van der Waals surface area contributed by atoms with Gasteiger partial charge in [0.1, 0.15) is 11.5 Å². The van der Waals surface area contributed by atoms with E-state index >= 15 is 0 Å². The number of esters is 2. The van der Waals surface area contributed by atoms with Crippen LogP contribution in [-0.4, -0.2) is 75.3 Å². The van der Waals surface area contributed by atoms with Crippen LogP contribution in [0.5, 0.6) is 11.5 Å². The summed E-state index contributed by atoms with van der Waals surface area (Å²) in [6.45, 7) is 0. The molecule has 0 aromatic heterocycles. The second-order valence-corrected chi connectivity index (χ2v) is 10.8. The zero-order valence-electron chi connectivity index (χ0n) is 21.6. The Hall–Kier alpha value is -3.66. The zero-order chi connectivity index (χ0) is 26.9. The van der Waals surface area contributed by atoms with Gasteiger partial charge in [-0.05, 0) is 18.3 Å². The molecular weight excluding hydrogens is 494 g/mol. The largest absolute Gasteiger partial charge is 0.496 e. The smallest absolute Gasteiger partial charge is 0.339 e. The van der Waals surface area contributed by atoms with Gasteiger partial charge < -0.3 is 23.7 Å². The maximum Gasteiger partial charge on any atom is 0.339 e. The molecule has 2 aliphatic carbocycles. The number of benzene rings is 2. The first-order valence-corrected chi connectivity index (χ1v) is 12.6. The topological polar surface area (TPSA) is 118 Å². The number of imide groups is 1. The molecule has 198 valence electrons. The van der Waals surface area contributed by atoms with E-state index in [1.165, 1.54) is 21.3 Å². The summed E-state index contributed by atoms with van der Waals surface area (Å²) in [6.07, 6.45) is 0.576. The molecule has 2 aromatic carbocycles. The summed E-state index contributed by atoms with van der Waals surface area (Å²) in [7, 11) is 7.03. The van der Waals surface area contributed by atoms with Gasteiger partial charge in [0.05, 0.1) is 40.3 Å². The molecule has 1 saturated carbocycles. The Balaban J connectivity index is 1.57. The number of nitrogens with zero attached hydrogens (tertiary/aromatic N) is 1. The van der Waals surface area contributed by atoms with E-state index in [0.29, 0.717) is 17.9 Å². The summed E-state index contributed by atoms with van der Waals surface area (Å²) in [5.41, 5.74) is -1.88. The Labute approximate surface area is 218 Å². The molecule has 4 bridgehead atoms. The number of carbonyl (C=O) groups excluding carboxylic acids is 4. The van der Waals surface area contributed by atoms with Crippen molar-refractivity contribution in [2.75, 3.05) is 35.5 Å². The van der Waals surface area contributed by atoms with Gasteiger partial charge in [-0.2, -0.15) is 0 Å². The SMILES string of the molecule is COC(=O)[C@@]12O[C@@](C(=O)OC)([C@@H]3[C@H]1[C@@H]1C[C@H]3c3c1c(OC)c1ccccc1c3OC)[C@@H]1C(=O)N(C)C(=O)[C@@H]12. The third kappa shape index (κ3) is 2.16. The average molecular weight is 522 g/mol. The molecule has 2 aromatic rings. The van der Waals surface area contributed by atoms with Gasteiger partial charge in [-0.3, -0.25) is 14.5 Å². The molecule has 0 spiro atoms. The summed E-state index contributed by atoms with van der Waals surface area (Å²) in [5.74, 6) is -5.53. The molecule has 0 unspecified atom stereocenters. The number of hydrogen-bond donors (Lipinski definition) is 0. The normalized spacial score (nSPS) is 37.3. The minimum Gasteiger partial charge on any atom is -0.496 e. The number of ether oxygens (including phenoxy) is 5. The minimum atomic E-state index is -1.82. The summed E-state index contributed by atoms with van der Waals surface area (Å²) in [4.78, 5) is 55.5. The Bertz CT molecular complexity index is 1380. The fraction of sp³-hybridized carbons (Fsp3) is 0.500. The van der Waals surface area contributed by atoms with Crippen molar-refractivity contribution in [3.05, 3.63) is 35.4 Å². The summed E-state index contributed by atoms with van der Waals surface area (Å²) >= 11 is 0. The van der Waals surface area contributed by atoms with Crippen molar-refractivity contribution in [3.8, 4) is 11.5 Å². The lowest BCUT2D eigenvalue weighted by Crippen LogP contribution is -2.60. The molecule has 10 nitrogen and oxygen atoms in total. The Morgan fingerprint density at radius 3 is 1.61 bits per heavy atom. The van der Waals surface area contributed by atoms with Crippen molar-refractivity contribution in [1.29, 1.82) is 0 Å². The van der Waals surface area contributed by atoms with Crippen LogP contribution in [0.3, 0.4) is 0 Å². The van der Waals surface area contributed by atoms with Crippen LogP contribution in [0.4, 0.5) is 0 Å². The van der Waals surface area contributed by atoms with Gasteiger partial charge in [0.2, 0.25) is 11.8 Å². The number of rotatable bonds is 4. The molecule has 0 N–H and O–H groups in total. The third-order valence-electron chi connectivity index (χ3n) is 9.89. The second-order valence-electron chi connectivity index (χ2n) is 10.8. The summed E-state index contributed by atoms with van der Waals surface area (Å²) < 4.78 is 29.0. The van der Waals surface area contributed by atoms with Gasteiger partial charge in [0.25, 0.3) is 0 Å². The molecule has 8 atom stereocenters. The van der Waals surface area contributed by atoms with Gasteiger partial charge in [0, 0.05) is 40.8 Å². The molecule has 3 aliphatic heterocycles. The predicted octanol–water partition coefficient (Wildman–Crippen LogP) is 1.77. The minimum absolute atomic E-state index is 0.311. The Morgan fingerprint density at radius 1 is 0.816 bits per heavy atom. The third-order valence-corrected chi connectivity index (χ3v) is 9.89. The fourth-order valence-electron chi connectivity index (χ4n) is 8.94. The van der Waals surface area contributed by atoms with Crippen LogP contribution in [0.25, 0.3) is 10.8 Å². The fourth-order valence-corrected chi connectivity index (χ4v) is 8.94. The first-order chi connectivity index (χ1) is 18.3. The van der Waals surface area contributed by atoms with Gasteiger partial charge in [-0.15, -0.1) is 0 Å². The van der Waals surface area contributed by atoms with Crippen LogP contribution in [0, 0.1) is 23.7 Å². The highest BCUT2D eigenvalue weighted by molar-refractivity contribution is 6.13. The van der Waals surface area contributed by atoms with Gasteiger partial charge in [-0.25, -0.2) is 9.59 Å². The lowest BCUT2D eigenvalue weighted by atomic mass is 9.53. The molecule has 38 heavy (non-hydrogen) atoms. The number of hydrogen-bond acceptors (Lipinski definition) is 9. The van der Waals surface area contributed by atoms with Crippen LogP contribution < -0.4 is 9.47 Å². The van der Waals surface area contributed by atoms with E-state index in [0.717, 1.165) is 26.8 Å². The van der Waals surface area contributed by atoms with Gasteiger partial charge >= 0.3 is 11.9 Å². The molecule has 2 amide bonds. The van der Waals surface area contributed by atoms with Crippen molar-refractivity contribution in [3.63, 3.8) is 0 Å². The molecule has 3 heterocycles. The zero-order valence-corrected chi connectivity index (χ0v) is 21.6. The molecular formula is C28H27NO9. The van der Waals surface area contributed by atoms with Gasteiger partial charge in [0.15, 0.2) is 11.2 Å². The number of fused-ring (bicyclic) bond motifs is 16. The lowest BCUT2D eigenvalue weighted by molar-refractivity contribution is -0.189. The first-order valence-electron chi connectivity index (χ1n) is 12.6. The molecule has 7 rings (SSSR count). The highest BCUT2D eigenvalue weighted by atomic mass is 16.6. The molecule has 10 heteroatoms. The Kier molecular flexibility index (Phi) is 4.48. The maximum absolute atomic E-state index is 13.7. The number of carbonyl (C=O) groups is 4. The van der Waals surface area contributed by atoms with Crippen LogP contribution >= 0.6 is 0 Å². The van der Waals surface area contributed by atoms with E-state index in [2.05, 4.69) is 0 Å². The van der Waals surface area contributed by atoms with E-state index < -0.39 is 58.6 Å². The van der Waals surface area contributed by atoms with E-state index in [-0.39, 0.29) is 11.8 Å². The summed E-state index contributed by atoms with van der Waals surface area (Å²) in [6, 6.07) is 7.74. The van der Waals surface area contributed by atoms with Crippen molar-refractivity contribution >= 4 is 34.5 Å². The molecule has 4 fully saturated rings. The number of likely N-dealkylation sites (tertiary alicyclic amines) is 1. The number of methoxy groups -OCH3 is 4. The van der Waals surface area contributed by atoms with E-state index in [1.54, 1.807) is 14.2 Å². The summed E-state index contributed by atoms with van der Waals surface area (Å²) in [5, 5.41) is 1.72. The highest BCUT2D eigenvalue weighted by Crippen LogP contribution is 2.79. The molecule has 3 saturated heterocycles. The Morgan fingerprint density at radius 2 is 1.24 bits per heavy atom. The van der Waals surface area contributed by atoms with Crippen molar-refractivity contribution in [2.45, 2.75) is 29.5 Å². The highest BCUT2D eigenvalue weighted by Gasteiger charge is 2.90. The van der Waals surface area contributed by atoms with Gasteiger partial charge in [-0.1, -0.05) is 24.3 Å². The molecule has 5 aliphatic rings. The number of amides is 2. The van der Waals surface area contributed by atoms with Crippen LogP contribution in [0.15, 0.2) is 24.3 Å². The average Bonchev–Trinajstić information content (AvgIpc) is 3.71.